The van der Waals surface area contributed by atoms with Crippen molar-refractivity contribution in [2.75, 3.05) is 12.4 Å². The normalized spacial score (nSPS) is 12.0. The van der Waals surface area contributed by atoms with Crippen molar-refractivity contribution in [1.29, 1.82) is 0 Å². The number of aryl methyl sites for hydroxylation is 1. The van der Waals surface area contributed by atoms with Crippen LogP contribution < -0.4 is 10.1 Å². The second kappa shape index (κ2) is 5.65. The molecule has 0 bridgehead atoms. The molecule has 0 aliphatic rings. The van der Waals surface area contributed by atoms with Gasteiger partial charge in [-0.05, 0) is 31.0 Å². The number of methoxy groups -OCH3 is 1. The van der Waals surface area contributed by atoms with Gasteiger partial charge >= 0.3 is 0 Å². The third-order valence-electron chi connectivity index (χ3n) is 2.88. The summed E-state index contributed by atoms with van der Waals surface area (Å²) in [6, 6.07) is 6.74. The fourth-order valence-electron chi connectivity index (χ4n) is 1.68. The van der Waals surface area contributed by atoms with Gasteiger partial charge < -0.3 is 10.1 Å². The van der Waals surface area contributed by atoms with Crippen molar-refractivity contribution in [3.8, 4) is 5.88 Å². The molecule has 4 nitrogen and oxygen atoms in total. The van der Waals surface area contributed by atoms with Crippen LogP contribution in [0.4, 0.5) is 10.3 Å². The largest absolute Gasteiger partial charge is 0.481 e. The molecule has 2 aromatic rings. The molecule has 1 heterocycles. The topological polar surface area (TPSA) is 47.0 Å². The predicted octanol–water partition coefficient (Wildman–Crippen LogP) is 3.11. The van der Waals surface area contributed by atoms with Crippen LogP contribution in [-0.4, -0.2) is 17.1 Å². The minimum absolute atomic E-state index is 0.0952. The number of nitrogens with one attached hydrogen (secondary N) is 1. The summed E-state index contributed by atoms with van der Waals surface area (Å²) in [5, 5.41) is 3.11. The van der Waals surface area contributed by atoms with Gasteiger partial charge in [0.1, 0.15) is 5.82 Å². The fourth-order valence-corrected chi connectivity index (χ4v) is 1.68. The van der Waals surface area contributed by atoms with Gasteiger partial charge in [0.25, 0.3) is 0 Å². The third-order valence-corrected chi connectivity index (χ3v) is 2.88. The van der Waals surface area contributed by atoms with E-state index in [-0.39, 0.29) is 11.9 Å². The zero-order valence-electron chi connectivity index (χ0n) is 11.1. The monoisotopic (exact) mass is 261 g/mol. The second-order valence-electron chi connectivity index (χ2n) is 4.30. The molecule has 1 atom stereocenters. The maximum Gasteiger partial charge on any atom is 0.226 e. The Morgan fingerprint density at radius 1 is 1.32 bits per heavy atom. The highest BCUT2D eigenvalue weighted by Gasteiger charge is 2.09. The van der Waals surface area contributed by atoms with E-state index in [1.807, 2.05) is 13.0 Å². The van der Waals surface area contributed by atoms with Gasteiger partial charge in [-0.3, -0.25) is 0 Å². The Morgan fingerprint density at radius 2 is 2.11 bits per heavy atom. The van der Waals surface area contributed by atoms with Crippen molar-refractivity contribution in [1.82, 2.24) is 9.97 Å². The standard InChI is InChI=1S/C14H16FN3O/c1-9-4-5-11(8-12(9)15)10(2)17-14-16-7-6-13(18-14)19-3/h4-8,10H,1-3H3,(H,16,17,18). The molecule has 0 aliphatic heterocycles. The number of hydrogen-bond acceptors (Lipinski definition) is 4. The van der Waals surface area contributed by atoms with E-state index in [1.165, 1.54) is 6.07 Å². The third kappa shape index (κ3) is 3.19. The fraction of sp³-hybridized carbons (Fsp3) is 0.286. The summed E-state index contributed by atoms with van der Waals surface area (Å²) in [5.74, 6) is 0.727. The van der Waals surface area contributed by atoms with E-state index in [4.69, 9.17) is 4.74 Å². The first kappa shape index (κ1) is 13.3. The van der Waals surface area contributed by atoms with Crippen LogP contribution in [0, 0.1) is 12.7 Å². The first-order valence-electron chi connectivity index (χ1n) is 6.00. The van der Waals surface area contributed by atoms with Gasteiger partial charge in [-0.15, -0.1) is 0 Å². The SMILES string of the molecule is COc1ccnc(NC(C)c2ccc(C)c(F)c2)n1. The van der Waals surface area contributed by atoms with Crippen LogP contribution in [0.2, 0.25) is 0 Å². The molecule has 0 radical (unpaired) electrons. The van der Waals surface area contributed by atoms with E-state index >= 15 is 0 Å². The lowest BCUT2D eigenvalue weighted by Gasteiger charge is -2.15. The molecule has 2 rings (SSSR count). The van der Waals surface area contributed by atoms with Crippen LogP contribution in [0.1, 0.15) is 24.1 Å². The highest BCUT2D eigenvalue weighted by atomic mass is 19.1. The van der Waals surface area contributed by atoms with Gasteiger partial charge in [-0.1, -0.05) is 12.1 Å². The Balaban J connectivity index is 2.15. The van der Waals surface area contributed by atoms with Crippen LogP contribution in [0.3, 0.4) is 0 Å². The zero-order chi connectivity index (χ0) is 13.8. The maximum absolute atomic E-state index is 13.5. The molecule has 5 heteroatoms. The Labute approximate surface area is 111 Å². The van der Waals surface area contributed by atoms with Crippen LogP contribution in [0.25, 0.3) is 0 Å². The van der Waals surface area contributed by atoms with Crippen molar-refractivity contribution in [3.05, 3.63) is 47.4 Å². The molecule has 0 fully saturated rings. The van der Waals surface area contributed by atoms with Crippen molar-refractivity contribution in [2.24, 2.45) is 0 Å². The van der Waals surface area contributed by atoms with Gasteiger partial charge in [0.2, 0.25) is 11.8 Å². The van der Waals surface area contributed by atoms with Gasteiger partial charge in [0.15, 0.2) is 0 Å². The molecule has 19 heavy (non-hydrogen) atoms. The van der Waals surface area contributed by atoms with Gasteiger partial charge in [-0.25, -0.2) is 9.37 Å². The molecule has 1 aromatic heterocycles. The highest BCUT2D eigenvalue weighted by molar-refractivity contribution is 5.34. The molecule has 0 amide bonds. The number of nitrogens with zero attached hydrogens (tertiary/aromatic N) is 2. The van der Waals surface area contributed by atoms with Gasteiger partial charge in [0, 0.05) is 12.3 Å². The summed E-state index contributed by atoms with van der Waals surface area (Å²) in [6.45, 7) is 3.66. The Bertz CT molecular complexity index is 574. The summed E-state index contributed by atoms with van der Waals surface area (Å²) >= 11 is 0. The smallest absolute Gasteiger partial charge is 0.226 e. The van der Waals surface area contributed by atoms with Crippen LogP contribution in [-0.2, 0) is 0 Å². The molecule has 100 valence electrons. The lowest BCUT2D eigenvalue weighted by molar-refractivity contribution is 0.397. The maximum atomic E-state index is 13.5. The number of rotatable bonds is 4. The molecular weight excluding hydrogens is 245 g/mol. The average Bonchev–Trinajstić information content (AvgIpc) is 2.42. The molecule has 1 unspecified atom stereocenters. The molecule has 0 aliphatic carbocycles. The summed E-state index contributed by atoms with van der Waals surface area (Å²) in [4.78, 5) is 8.26. The molecule has 0 saturated carbocycles. The van der Waals surface area contributed by atoms with E-state index in [1.54, 1.807) is 32.4 Å². The molecule has 1 N–H and O–H groups in total. The van der Waals surface area contributed by atoms with Gasteiger partial charge in [-0.2, -0.15) is 4.98 Å². The predicted molar refractivity (Wildman–Crippen MR) is 71.8 cm³/mol. The number of ether oxygens (including phenoxy) is 1. The van der Waals surface area contributed by atoms with E-state index in [9.17, 15) is 4.39 Å². The van der Waals surface area contributed by atoms with Crippen molar-refractivity contribution in [3.63, 3.8) is 0 Å². The van der Waals surface area contributed by atoms with E-state index in [2.05, 4.69) is 15.3 Å². The van der Waals surface area contributed by atoms with E-state index in [0.29, 0.717) is 17.4 Å². The lowest BCUT2D eigenvalue weighted by atomic mass is 10.1. The number of anilines is 1. The van der Waals surface area contributed by atoms with E-state index in [0.717, 1.165) is 5.56 Å². The van der Waals surface area contributed by atoms with E-state index < -0.39 is 0 Å². The summed E-state index contributed by atoms with van der Waals surface area (Å²) in [6.07, 6.45) is 1.61. The Kier molecular flexibility index (Phi) is 3.94. The van der Waals surface area contributed by atoms with Gasteiger partial charge in [0.05, 0.1) is 13.2 Å². The van der Waals surface area contributed by atoms with Crippen LogP contribution >= 0.6 is 0 Å². The number of aromatic nitrogens is 2. The number of hydrogen-bond donors (Lipinski definition) is 1. The number of halogens is 1. The summed E-state index contributed by atoms with van der Waals surface area (Å²) in [7, 11) is 1.55. The summed E-state index contributed by atoms with van der Waals surface area (Å²) in [5.41, 5.74) is 1.48. The molecule has 1 aromatic carbocycles. The Hall–Kier alpha value is -2.17. The van der Waals surface area contributed by atoms with Crippen molar-refractivity contribution in [2.45, 2.75) is 19.9 Å². The molecule has 0 saturated heterocycles. The van der Waals surface area contributed by atoms with Crippen molar-refractivity contribution >= 4 is 5.95 Å². The Morgan fingerprint density at radius 3 is 2.79 bits per heavy atom. The average molecular weight is 261 g/mol. The molecule has 0 spiro atoms. The molecular formula is C14H16FN3O. The quantitative estimate of drug-likeness (QED) is 0.918. The van der Waals surface area contributed by atoms with Crippen molar-refractivity contribution < 1.29 is 9.13 Å². The van der Waals surface area contributed by atoms with Crippen LogP contribution in [0.5, 0.6) is 5.88 Å². The summed E-state index contributed by atoms with van der Waals surface area (Å²) < 4.78 is 18.5. The lowest BCUT2D eigenvalue weighted by Crippen LogP contribution is -2.10. The minimum Gasteiger partial charge on any atom is -0.481 e. The second-order valence-corrected chi connectivity index (χ2v) is 4.30. The van der Waals surface area contributed by atoms with Crippen LogP contribution in [0.15, 0.2) is 30.5 Å². The highest BCUT2D eigenvalue weighted by Crippen LogP contribution is 2.20. The first-order chi connectivity index (χ1) is 9.10. The number of benzene rings is 1. The zero-order valence-corrected chi connectivity index (χ0v) is 11.1. The minimum atomic E-state index is -0.210. The first-order valence-corrected chi connectivity index (χ1v) is 6.00.